The van der Waals surface area contributed by atoms with Crippen molar-refractivity contribution in [3.8, 4) is 0 Å². The molecule has 1 aliphatic heterocycles. The van der Waals surface area contributed by atoms with Gasteiger partial charge in [-0.3, -0.25) is 4.79 Å². The van der Waals surface area contributed by atoms with E-state index in [-0.39, 0.29) is 5.91 Å². The molecule has 3 heteroatoms. The van der Waals surface area contributed by atoms with Gasteiger partial charge in [0.1, 0.15) is 0 Å². The fourth-order valence-electron chi connectivity index (χ4n) is 1.99. The highest BCUT2D eigenvalue weighted by molar-refractivity contribution is 5.91. The van der Waals surface area contributed by atoms with Crippen LogP contribution < -0.4 is 5.73 Å². The van der Waals surface area contributed by atoms with Gasteiger partial charge < -0.3 is 10.6 Å². The van der Waals surface area contributed by atoms with Crippen molar-refractivity contribution in [2.75, 3.05) is 18.8 Å². The number of anilines is 1. The summed E-state index contributed by atoms with van der Waals surface area (Å²) < 4.78 is 0. The molecule has 1 heterocycles. The van der Waals surface area contributed by atoms with E-state index in [1.54, 1.807) is 6.08 Å². The van der Waals surface area contributed by atoms with Crippen molar-refractivity contribution in [3.63, 3.8) is 0 Å². The van der Waals surface area contributed by atoms with Gasteiger partial charge in [0.15, 0.2) is 0 Å². The van der Waals surface area contributed by atoms with Crippen LogP contribution in [0.2, 0.25) is 0 Å². The van der Waals surface area contributed by atoms with Crippen LogP contribution in [-0.2, 0) is 4.79 Å². The average molecular weight is 230 g/mol. The van der Waals surface area contributed by atoms with Crippen molar-refractivity contribution in [1.82, 2.24) is 4.90 Å². The Bertz CT molecular complexity index is 403. The molecular formula is C14H18N2O. The van der Waals surface area contributed by atoms with Crippen LogP contribution >= 0.6 is 0 Å². The van der Waals surface area contributed by atoms with Crippen LogP contribution in [0.4, 0.5) is 5.69 Å². The highest BCUT2D eigenvalue weighted by atomic mass is 16.2. The first-order chi connectivity index (χ1) is 8.25. The first-order valence-corrected chi connectivity index (χ1v) is 6.08. The molecule has 1 aromatic carbocycles. The van der Waals surface area contributed by atoms with E-state index >= 15 is 0 Å². The highest BCUT2D eigenvalue weighted by Crippen LogP contribution is 2.11. The molecule has 2 rings (SSSR count). The molecule has 0 aliphatic carbocycles. The minimum Gasteiger partial charge on any atom is -0.399 e. The van der Waals surface area contributed by atoms with Crippen LogP contribution in [0.5, 0.6) is 0 Å². The van der Waals surface area contributed by atoms with Gasteiger partial charge in [-0.25, -0.2) is 0 Å². The summed E-state index contributed by atoms with van der Waals surface area (Å²) in [5, 5.41) is 0. The fraction of sp³-hybridized carbons (Fsp3) is 0.357. The minimum atomic E-state index is 0.113. The number of hydrogen-bond donors (Lipinski definition) is 1. The first-order valence-electron chi connectivity index (χ1n) is 6.08. The average Bonchev–Trinajstić information content (AvgIpc) is 2.39. The number of benzene rings is 1. The maximum Gasteiger partial charge on any atom is 0.246 e. The van der Waals surface area contributed by atoms with Gasteiger partial charge in [-0.15, -0.1) is 0 Å². The number of nitrogens with zero attached hydrogens (tertiary/aromatic N) is 1. The summed E-state index contributed by atoms with van der Waals surface area (Å²) in [6.45, 7) is 1.79. The quantitative estimate of drug-likeness (QED) is 0.626. The number of nitrogen functional groups attached to an aromatic ring is 1. The SMILES string of the molecule is Nc1ccc(C=CC(=O)N2CCCCC2)cc1. The molecule has 1 saturated heterocycles. The Labute approximate surface area is 102 Å². The van der Waals surface area contributed by atoms with Crippen molar-refractivity contribution >= 4 is 17.7 Å². The Kier molecular flexibility index (Phi) is 3.81. The molecule has 90 valence electrons. The summed E-state index contributed by atoms with van der Waals surface area (Å²) in [6.07, 6.45) is 6.99. The molecule has 0 aromatic heterocycles. The molecule has 1 aromatic rings. The van der Waals surface area contributed by atoms with E-state index < -0.39 is 0 Å². The Morgan fingerprint density at radius 2 is 1.76 bits per heavy atom. The Morgan fingerprint density at radius 1 is 1.12 bits per heavy atom. The highest BCUT2D eigenvalue weighted by Gasteiger charge is 2.13. The van der Waals surface area contributed by atoms with Crippen molar-refractivity contribution in [3.05, 3.63) is 35.9 Å². The summed E-state index contributed by atoms with van der Waals surface area (Å²) in [5.74, 6) is 0.113. The standard InChI is InChI=1S/C14H18N2O/c15-13-7-4-12(5-8-13)6-9-14(17)16-10-2-1-3-11-16/h4-9H,1-3,10-11,15H2. The van der Waals surface area contributed by atoms with Crippen LogP contribution in [-0.4, -0.2) is 23.9 Å². The Balaban J connectivity index is 1.95. The van der Waals surface area contributed by atoms with Crippen LogP contribution in [0.25, 0.3) is 6.08 Å². The van der Waals surface area contributed by atoms with E-state index in [4.69, 9.17) is 5.73 Å². The molecule has 0 atom stereocenters. The molecule has 0 radical (unpaired) electrons. The van der Waals surface area contributed by atoms with E-state index in [1.165, 1.54) is 6.42 Å². The van der Waals surface area contributed by atoms with E-state index in [2.05, 4.69) is 0 Å². The zero-order chi connectivity index (χ0) is 12.1. The summed E-state index contributed by atoms with van der Waals surface area (Å²) >= 11 is 0. The number of carbonyl (C=O) groups is 1. The van der Waals surface area contributed by atoms with Crippen molar-refractivity contribution in [2.24, 2.45) is 0 Å². The topological polar surface area (TPSA) is 46.3 Å². The first kappa shape index (κ1) is 11.7. The van der Waals surface area contributed by atoms with Gasteiger partial charge in [0.25, 0.3) is 0 Å². The summed E-state index contributed by atoms with van der Waals surface area (Å²) in [7, 11) is 0. The van der Waals surface area contributed by atoms with Gasteiger partial charge in [0, 0.05) is 24.9 Å². The second kappa shape index (κ2) is 5.53. The van der Waals surface area contributed by atoms with Crippen LogP contribution in [0, 0.1) is 0 Å². The lowest BCUT2D eigenvalue weighted by molar-refractivity contribution is -0.126. The smallest absolute Gasteiger partial charge is 0.246 e. The molecule has 0 bridgehead atoms. The lowest BCUT2D eigenvalue weighted by atomic mass is 10.1. The van der Waals surface area contributed by atoms with E-state index in [0.29, 0.717) is 0 Å². The predicted molar refractivity (Wildman–Crippen MR) is 70.3 cm³/mol. The maximum atomic E-state index is 11.9. The number of rotatable bonds is 2. The van der Waals surface area contributed by atoms with E-state index in [1.807, 2.05) is 35.2 Å². The molecule has 2 N–H and O–H groups in total. The van der Waals surface area contributed by atoms with Crippen molar-refractivity contribution in [2.45, 2.75) is 19.3 Å². The monoisotopic (exact) mass is 230 g/mol. The second-order valence-corrected chi connectivity index (χ2v) is 4.39. The zero-order valence-electron chi connectivity index (χ0n) is 9.93. The van der Waals surface area contributed by atoms with Gasteiger partial charge in [-0.1, -0.05) is 12.1 Å². The number of hydrogen-bond acceptors (Lipinski definition) is 2. The normalized spacial score (nSPS) is 16.4. The van der Waals surface area contributed by atoms with Crippen LogP contribution in [0.1, 0.15) is 24.8 Å². The van der Waals surface area contributed by atoms with Gasteiger partial charge in [0.05, 0.1) is 0 Å². The van der Waals surface area contributed by atoms with Crippen LogP contribution in [0.3, 0.4) is 0 Å². The molecule has 0 spiro atoms. The number of nitrogens with two attached hydrogens (primary N) is 1. The van der Waals surface area contributed by atoms with Gasteiger partial charge in [-0.05, 0) is 43.0 Å². The van der Waals surface area contributed by atoms with Crippen molar-refractivity contribution < 1.29 is 4.79 Å². The predicted octanol–water partition coefficient (Wildman–Crippen LogP) is 2.29. The molecule has 0 unspecified atom stereocenters. The van der Waals surface area contributed by atoms with Gasteiger partial charge in [0.2, 0.25) is 5.91 Å². The van der Waals surface area contributed by atoms with Gasteiger partial charge in [-0.2, -0.15) is 0 Å². The molecule has 1 amide bonds. The maximum absolute atomic E-state index is 11.9. The van der Waals surface area contributed by atoms with E-state index in [9.17, 15) is 4.79 Å². The molecule has 0 saturated carbocycles. The summed E-state index contributed by atoms with van der Waals surface area (Å²) in [6, 6.07) is 7.50. The summed E-state index contributed by atoms with van der Waals surface area (Å²) in [5.41, 5.74) is 7.34. The third-order valence-electron chi connectivity index (χ3n) is 3.02. The summed E-state index contributed by atoms with van der Waals surface area (Å²) in [4.78, 5) is 13.8. The fourth-order valence-corrected chi connectivity index (χ4v) is 1.99. The van der Waals surface area contributed by atoms with E-state index in [0.717, 1.165) is 37.2 Å². The lowest BCUT2D eigenvalue weighted by Gasteiger charge is -2.25. The molecule has 3 nitrogen and oxygen atoms in total. The van der Waals surface area contributed by atoms with Crippen LogP contribution in [0.15, 0.2) is 30.3 Å². The lowest BCUT2D eigenvalue weighted by Crippen LogP contribution is -2.34. The third-order valence-corrected chi connectivity index (χ3v) is 3.02. The molecular weight excluding hydrogens is 212 g/mol. The van der Waals surface area contributed by atoms with Gasteiger partial charge >= 0.3 is 0 Å². The van der Waals surface area contributed by atoms with Crippen molar-refractivity contribution in [1.29, 1.82) is 0 Å². The molecule has 17 heavy (non-hydrogen) atoms. The Morgan fingerprint density at radius 3 is 2.41 bits per heavy atom. The zero-order valence-corrected chi connectivity index (χ0v) is 9.93. The number of piperidine rings is 1. The minimum absolute atomic E-state index is 0.113. The molecule has 1 aliphatic rings. The number of amides is 1. The second-order valence-electron chi connectivity index (χ2n) is 4.39. The third kappa shape index (κ3) is 3.34. The largest absolute Gasteiger partial charge is 0.399 e. The number of likely N-dealkylation sites (tertiary alicyclic amines) is 1. The Hall–Kier alpha value is -1.77. The molecule has 1 fully saturated rings. The number of carbonyl (C=O) groups excluding carboxylic acids is 1.